The Kier molecular flexibility index (Phi) is 4.45. The van der Waals surface area contributed by atoms with Gasteiger partial charge in [0.2, 0.25) is 15.9 Å². The smallest absolute Gasteiger partial charge is 0.240 e. The highest BCUT2D eigenvalue weighted by Gasteiger charge is 2.21. The fourth-order valence-corrected chi connectivity index (χ4v) is 3.72. The van der Waals surface area contributed by atoms with Gasteiger partial charge in [0.25, 0.3) is 0 Å². The second kappa shape index (κ2) is 5.93. The van der Waals surface area contributed by atoms with Gasteiger partial charge in [0.15, 0.2) is 0 Å². The Balaban J connectivity index is 2.27. The topological polar surface area (TPSA) is 75.3 Å². The molecule has 20 heavy (non-hydrogen) atoms. The lowest BCUT2D eigenvalue weighted by atomic mass is 10.0. The van der Waals surface area contributed by atoms with E-state index in [1.54, 1.807) is 12.1 Å². The summed E-state index contributed by atoms with van der Waals surface area (Å²) in [6.07, 6.45) is 2.50. The van der Waals surface area contributed by atoms with E-state index in [9.17, 15) is 13.2 Å². The monoisotopic (exact) mass is 296 g/mol. The van der Waals surface area contributed by atoms with Gasteiger partial charge >= 0.3 is 0 Å². The molecule has 0 saturated heterocycles. The lowest BCUT2D eigenvalue weighted by Crippen LogP contribution is -2.34. The standard InChI is InChI=1S/C14H20N2O3S/c1-3-11(4-2)16-20(18,19)12-6-7-13-10(9-12)5-8-14(17)15-13/h6-7,9,11,16H,3-5,8H2,1-2H3,(H,15,17). The maximum Gasteiger partial charge on any atom is 0.240 e. The zero-order chi connectivity index (χ0) is 14.8. The highest BCUT2D eigenvalue weighted by molar-refractivity contribution is 7.89. The number of anilines is 1. The Labute approximate surface area is 119 Å². The average molecular weight is 296 g/mol. The first kappa shape index (κ1) is 15.0. The van der Waals surface area contributed by atoms with E-state index in [0.29, 0.717) is 18.5 Å². The summed E-state index contributed by atoms with van der Waals surface area (Å²) in [5.41, 5.74) is 1.58. The Morgan fingerprint density at radius 3 is 2.60 bits per heavy atom. The third-order valence-corrected chi connectivity index (χ3v) is 5.11. The van der Waals surface area contributed by atoms with Crippen LogP contribution in [-0.2, 0) is 21.2 Å². The Morgan fingerprint density at radius 2 is 1.95 bits per heavy atom. The number of hydrogen-bond donors (Lipinski definition) is 2. The van der Waals surface area contributed by atoms with Crippen molar-refractivity contribution in [1.29, 1.82) is 0 Å². The fourth-order valence-electron chi connectivity index (χ4n) is 2.27. The van der Waals surface area contributed by atoms with E-state index in [1.807, 2.05) is 13.8 Å². The zero-order valence-corrected chi connectivity index (χ0v) is 12.6. The molecule has 1 heterocycles. The fraction of sp³-hybridized carbons (Fsp3) is 0.500. The van der Waals surface area contributed by atoms with Crippen LogP contribution < -0.4 is 10.0 Å². The second-order valence-electron chi connectivity index (χ2n) is 5.00. The number of sulfonamides is 1. The molecule has 1 amide bonds. The zero-order valence-electron chi connectivity index (χ0n) is 11.8. The van der Waals surface area contributed by atoms with Crippen LogP contribution in [0.2, 0.25) is 0 Å². The summed E-state index contributed by atoms with van der Waals surface area (Å²) in [6.45, 7) is 3.91. The van der Waals surface area contributed by atoms with Crippen LogP contribution >= 0.6 is 0 Å². The summed E-state index contributed by atoms with van der Waals surface area (Å²) in [4.78, 5) is 11.6. The van der Waals surface area contributed by atoms with Crippen LogP contribution in [0.4, 0.5) is 5.69 Å². The molecule has 2 rings (SSSR count). The molecule has 0 bridgehead atoms. The number of fused-ring (bicyclic) bond motifs is 1. The maximum atomic E-state index is 12.3. The summed E-state index contributed by atoms with van der Waals surface area (Å²) in [5, 5.41) is 2.75. The second-order valence-corrected chi connectivity index (χ2v) is 6.72. The molecular weight excluding hydrogens is 276 g/mol. The third kappa shape index (κ3) is 3.19. The molecule has 6 heteroatoms. The van der Waals surface area contributed by atoms with E-state index in [2.05, 4.69) is 10.0 Å². The van der Waals surface area contributed by atoms with Gasteiger partial charge in [-0.3, -0.25) is 4.79 Å². The normalized spacial score (nSPS) is 15.1. The van der Waals surface area contributed by atoms with Gasteiger partial charge in [-0.15, -0.1) is 0 Å². The average Bonchev–Trinajstić information content (AvgIpc) is 2.44. The number of benzene rings is 1. The predicted molar refractivity (Wildman–Crippen MR) is 78.1 cm³/mol. The van der Waals surface area contributed by atoms with Crippen LogP contribution in [0.15, 0.2) is 23.1 Å². The lowest BCUT2D eigenvalue weighted by Gasteiger charge is -2.19. The van der Waals surface area contributed by atoms with E-state index in [1.165, 1.54) is 6.07 Å². The van der Waals surface area contributed by atoms with E-state index in [-0.39, 0.29) is 16.8 Å². The van der Waals surface area contributed by atoms with Gasteiger partial charge in [-0.2, -0.15) is 0 Å². The molecule has 2 N–H and O–H groups in total. The SMILES string of the molecule is CCC(CC)NS(=O)(=O)c1ccc2c(c1)CCC(=O)N2. The molecule has 1 aliphatic heterocycles. The van der Waals surface area contributed by atoms with Gasteiger partial charge < -0.3 is 5.32 Å². The molecule has 1 aromatic rings. The van der Waals surface area contributed by atoms with E-state index >= 15 is 0 Å². The summed E-state index contributed by atoms with van der Waals surface area (Å²) >= 11 is 0. The van der Waals surface area contributed by atoms with E-state index in [0.717, 1.165) is 18.4 Å². The molecule has 110 valence electrons. The highest BCUT2D eigenvalue weighted by Crippen LogP contribution is 2.25. The first-order valence-corrected chi connectivity index (χ1v) is 8.39. The predicted octanol–water partition coefficient (Wildman–Crippen LogP) is 2.04. The number of nitrogens with one attached hydrogen (secondary N) is 2. The summed E-state index contributed by atoms with van der Waals surface area (Å²) in [5.74, 6) is -0.0248. The van der Waals surface area contributed by atoms with Crippen LogP contribution in [0.3, 0.4) is 0 Å². The van der Waals surface area contributed by atoms with Crippen LogP contribution in [0.5, 0.6) is 0 Å². The minimum absolute atomic E-state index is 0.0248. The number of carbonyl (C=O) groups is 1. The molecule has 0 aromatic heterocycles. The van der Waals surface area contributed by atoms with Crippen molar-refractivity contribution >= 4 is 21.6 Å². The van der Waals surface area contributed by atoms with Crippen molar-refractivity contribution in [1.82, 2.24) is 4.72 Å². The maximum absolute atomic E-state index is 12.3. The number of carbonyl (C=O) groups excluding carboxylic acids is 1. The van der Waals surface area contributed by atoms with Crippen molar-refractivity contribution < 1.29 is 13.2 Å². The number of amides is 1. The summed E-state index contributed by atoms with van der Waals surface area (Å²) < 4.78 is 27.3. The van der Waals surface area contributed by atoms with Crippen molar-refractivity contribution in [3.05, 3.63) is 23.8 Å². The van der Waals surface area contributed by atoms with E-state index < -0.39 is 10.0 Å². The van der Waals surface area contributed by atoms with Gasteiger partial charge in [0, 0.05) is 18.2 Å². The van der Waals surface area contributed by atoms with Gasteiger partial charge in [-0.1, -0.05) is 13.8 Å². The van der Waals surface area contributed by atoms with Crippen molar-refractivity contribution in [3.8, 4) is 0 Å². The minimum atomic E-state index is -3.49. The highest BCUT2D eigenvalue weighted by atomic mass is 32.2. The van der Waals surface area contributed by atoms with Crippen molar-refractivity contribution in [2.24, 2.45) is 0 Å². The molecule has 5 nitrogen and oxygen atoms in total. The molecule has 1 aromatic carbocycles. The largest absolute Gasteiger partial charge is 0.326 e. The van der Waals surface area contributed by atoms with Crippen LogP contribution in [0.25, 0.3) is 0 Å². The van der Waals surface area contributed by atoms with Crippen molar-refractivity contribution in [2.45, 2.75) is 50.5 Å². The summed E-state index contributed by atoms with van der Waals surface area (Å²) in [7, 11) is -3.49. The molecule has 0 atom stereocenters. The summed E-state index contributed by atoms with van der Waals surface area (Å²) in [6, 6.07) is 4.80. The molecule has 1 aliphatic rings. The minimum Gasteiger partial charge on any atom is -0.326 e. The molecule has 0 spiro atoms. The van der Waals surface area contributed by atoms with Crippen LogP contribution in [0, 0.1) is 0 Å². The van der Waals surface area contributed by atoms with Gasteiger partial charge in [-0.25, -0.2) is 13.1 Å². The van der Waals surface area contributed by atoms with Crippen molar-refractivity contribution in [3.63, 3.8) is 0 Å². The number of aryl methyl sites for hydroxylation is 1. The molecule has 0 unspecified atom stereocenters. The Hall–Kier alpha value is -1.40. The molecule has 0 fully saturated rings. The quantitative estimate of drug-likeness (QED) is 0.873. The third-order valence-electron chi connectivity index (χ3n) is 3.59. The van der Waals surface area contributed by atoms with Gasteiger partial charge in [0.05, 0.1) is 4.90 Å². The van der Waals surface area contributed by atoms with E-state index in [4.69, 9.17) is 0 Å². The first-order valence-electron chi connectivity index (χ1n) is 6.91. The number of rotatable bonds is 5. The van der Waals surface area contributed by atoms with Gasteiger partial charge in [-0.05, 0) is 43.0 Å². The Morgan fingerprint density at radius 1 is 1.25 bits per heavy atom. The molecule has 0 aliphatic carbocycles. The molecular formula is C14H20N2O3S. The lowest BCUT2D eigenvalue weighted by molar-refractivity contribution is -0.116. The van der Waals surface area contributed by atoms with Crippen molar-refractivity contribution in [2.75, 3.05) is 5.32 Å². The van der Waals surface area contributed by atoms with Gasteiger partial charge in [0.1, 0.15) is 0 Å². The first-order chi connectivity index (χ1) is 9.46. The Bertz CT molecular complexity index is 607. The molecule has 0 radical (unpaired) electrons. The molecule has 0 saturated carbocycles. The van der Waals surface area contributed by atoms with Crippen LogP contribution in [0.1, 0.15) is 38.7 Å². The van der Waals surface area contributed by atoms with Crippen LogP contribution in [-0.4, -0.2) is 20.4 Å². The number of hydrogen-bond acceptors (Lipinski definition) is 3.